The number of amides is 1. The zero-order valence-corrected chi connectivity index (χ0v) is 15.3. The number of carboxylic acid groups (broad SMARTS) is 1. The first-order valence-electron chi connectivity index (χ1n) is 7.62. The Morgan fingerprint density at radius 3 is 2.56 bits per heavy atom. The Balaban J connectivity index is 1.83. The van der Waals surface area contributed by atoms with Crippen molar-refractivity contribution in [3.8, 4) is 0 Å². The number of carboxylic acids is 1. The molecule has 2 N–H and O–H groups in total. The van der Waals surface area contributed by atoms with Crippen LogP contribution in [-0.4, -0.2) is 26.4 Å². The Kier molecular flexibility index (Phi) is 4.59. The summed E-state index contributed by atoms with van der Waals surface area (Å²) in [6, 6.07) is 8.36. The molecular formula is C18H16BrN3O3. The number of fused-ring (bicyclic) bond motifs is 1. The van der Waals surface area contributed by atoms with Crippen LogP contribution in [0.3, 0.4) is 0 Å². The molecule has 1 aromatic carbocycles. The van der Waals surface area contributed by atoms with Gasteiger partial charge in [-0.2, -0.15) is 0 Å². The molecule has 7 heteroatoms. The molecule has 25 heavy (non-hydrogen) atoms. The highest BCUT2D eigenvalue weighted by Gasteiger charge is 2.18. The highest BCUT2D eigenvalue weighted by Crippen LogP contribution is 2.20. The van der Waals surface area contributed by atoms with Gasteiger partial charge >= 0.3 is 5.97 Å². The van der Waals surface area contributed by atoms with E-state index in [2.05, 4.69) is 26.2 Å². The number of aryl methyl sites for hydroxylation is 2. The van der Waals surface area contributed by atoms with Gasteiger partial charge in [0, 0.05) is 17.2 Å². The summed E-state index contributed by atoms with van der Waals surface area (Å²) < 4.78 is 2.64. The lowest BCUT2D eigenvalue weighted by Crippen LogP contribution is -2.25. The minimum absolute atomic E-state index is 0.216. The predicted molar refractivity (Wildman–Crippen MR) is 96.9 cm³/mol. The maximum atomic E-state index is 12.6. The molecule has 0 aliphatic carbocycles. The van der Waals surface area contributed by atoms with Gasteiger partial charge in [-0.25, -0.2) is 9.78 Å². The molecular weight excluding hydrogens is 386 g/mol. The molecule has 0 spiro atoms. The molecule has 1 amide bonds. The van der Waals surface area contributed by atoms with E-state index in [0.29, 0.717) is 17.9 Å². The highest BCUT2D eigenvalue weighted by atomic mass is 79.9. The van der Waals surface area contributed by atoms with E-state index in [1.165, 1.54) is 12.1 Å². The first-order chi connectivity index (χ1) is 11.9. The minimum Gasteiger partial charge on any atom is -0.478 e. The summed E-state index contributed by atoms with van der Waals surface area (Å²) in [5.41, 5.74) is 3.90. The molecule has 0 bridgehead atoms. The van der Waals surface area contributed by atoms with E-state index < -0.39 is 5.97 Å². The summed E-state index contributed by atoms with van der Waals surface area (Å²) in [6.07, 6.45) is 1.82. The summed E-state index contributed by atoms with van der Waals surface area (Å²) in [6.45, 7) is 4.05. The van der Waals surface area contributed by atoms with Crippen LogP contribution in [-0.2, 0) is 6.54 Å². The number of aromatic carboxylic acids is 1. The number of pyridine rings is 1. The first-order valence-corrected chi connectivity index (χ1v) is 8.41. The van der Waals surface area contributed by atoms with Gasteiger partial charge in [-0.1, -0.05) is 12.1 Å². The van der Waals surface area contributed by atoms with Crippen LogP contribution in [0.15, 0.2) is 41.0 Å². The van der Waals surface area contributed by atoms with Gasteiger partial charge in [-0.05, 0) is 59.1 Å². The Labute approximate surface area is 152 Å². The van der Waals surface area contributed by atoms with Crippen LogP contribution in [0.25, 0.3) is 5.65 Å². The van der Waals surface area contributed by atoms with Gasteiger partial charge in [-0.3, -0.25) is 9.20 Å². The fourth-order valence-corrected chi connectivity index (χ4v) is 3.23. The van der Waals surface area contributed by atoms with Gasteiger partial charge in [0.15, 0.2) is 0 Å². The van der Waals surface area contributed by atoms with Crippen LogP contribution in [0.4, 0.5) is 0 Å². The summed E-state index contributed by atoms with van der Waals surface area (Å²) >= 11 is 3.44. The number of aromatic nitrogens is 2. The molecule has 0 unspecified atom stereocenters. The van der Waals surface area contributed by atoms with Crippen LogP contribution in [0.5, 0.6) is 0 Å². The molecule has 0 aliphatic rings. The molecule has 128 valence electrons. The van der Waals surface area contributed by atoms with Gasteiger partial charge < -0.3 is 10.4 Å². The molecule has 2 aromatic heterocycles. The zero-order valence-electron chi connectivity index (χ0n) is 13.7. The molecule has 3 aromatic rings. The molecule has 0 saturated carbocycles. The molecule has 0 radical (unpaired) electrons. The summed E-state index contributed by atoms with van der Waals surface area (Å²) in [5.74, 6) is -1.21. The second kappa shape index (κ2) is 6.68. The quantitative estimate of drug-likeness (QED) is 0.701. The van der Waals surface area contributed by atoms with E-state index in [0.717, 1.165) is 21.2 Å². The van der Waals surface area contributed by atoms with Crippen molar-refractivity contribution in [3.63, 3.8) is 0 Å². The number of nitrogens with zero attached hydrogens (tertiary/aromatic N) is 2. The van der Waals surface area contributed by atoms with Crippen LogP contribution in [0.2, 0.25) is 0 Å². The number of hydrogen-bond acceptors (Lipinski definition) is 3. The number of hydrogen-bond donors (Lipinski definition) is 2. The fraction of sp³-hybridized carbons (Fsp3) is 0.167. The summed E-state index contributed by atoms with van der Waals surface area (Å²) in [4.78, 5) is 28.0. The first kappa shape index (κ1) is 17.2. The predicted octanol–water partition coefficient (Wildman–Crippen LogP) is 3.34. The SMILES string of the molecule is Cc1nc2c(C)cc(Br)cn2c1C(=O)NCc1ccc(C(=O)O)cc1. The van der Waals surface area contributed by atoms with Gasteiger partial charge in [0.25, 0.3) is 5.91 Å². The number of rotatable bonds is 4. The van der Waals surface area contributed by atoms with E-state index in [4.69, 9.17) is 5.11 Å². The van der Waals surface area contributed by atoms with Crippen LogP contribution in [0, 0.1) is 13.8 Å². The van der Waals surface area contributed by atoms with Crippen LogP contribution in [0.1, 0.15) is 37.7 Å². The molecule has 3 rings (SSSR count). The van der Waals surface area contributed by atoms with Crippen molar-refractivity contribution in [1.29, 1.82) is 0 Å². The Morgan fingerprint density at radius 1 is 1.24 bits per heavy atom. The Hall–Kier alpha value is -2.67. The van der Waals surface area contributed by atoms with E-state index in [1.54, 1.807) is 23.5 Å². The van der Waals surface area contributed by atoms with Crippen LogP contribution < -0.4 is 5.32 Å². The van der Waals surface area contributed by atoms with Gasteiger partial charge in [0.1, 0.15) is 11.3 Å². The molecule has 0 fully saturated rings. The molecule has 0 aliphatic heterocycles. The average molecular weight is 402 g/mol. The maximum absolute atomic E-state index is 12.6. The van der Waals surface area contributed by atoms with Crippen molar-refractivity contribution in [3.05, 3.63) is 69.1 Å². The second-order valence-electron chi connectivity index (χ2n) is 5.77. The Morgan fingerprint density at radius 2 is 1.92 bits per heavy atom. The number of imidazole rings is 1. The van der Waals surface area contributed by atoms with Crippen molar-refractivity contribution in [1.82, 2.24) is 14.7 Å². The fourth-order valence-electron chi connectivity index (χ4n) is 2.69. The Bertz CT molecular complexity index is 977. The van der Waals surface area contributed by atoms with E-state index in [9.17, 15) is 9.59 Å². The molecule has 0 saturated heterocycles. The number of benzene rings is 1. The summed E-state index contributed by atoms with van der Waals surface area (Å²) in [7, 11) is 0. The van der Waals surface area contributed by atoms with E-state index in [-0.39, 0.29) is 11.5 Å². The van der Waals surface area contributed by atoms with Gasteiger partial charge in [0.05, 0.1) is 11.3 Å². The summed E-state index contributed by atoms with van der Waals surface area (Å²) in [5, 5.41) is 11.8. The van der Waals surface area contributed by atoms with Crippen molar-refractivity contribution >= 4 is 33.5 Å². The third-order valence-electron chi connectivity index (χ3n) is 3.91. The lowest BCUT2D eigenvalue weighted by molar-refractivity contribution is 0.0696. The van der Waals surface area contributed by atoms with Gasteiger partial charge in [0.2, 0.25) is 0 Å². The van der Waals surface area contributed by atoms with Crippen molar-refractivity contribution < 1.29 is 14.7 Å². The normalized spacial score (nSPS) is 10.8. The minimum atomic E-state index is -0.974. The van der Waals surface area contributed by atoms with Gasteiger partial charge in [-0.15, -0.1) is 0 Å². The number of carbonyl (C=O) groups excluding carboxylic acids is 1. The van der Waals surface area contributed by atoms with Crippen molar-refractivity contribution in [2.24, 2.45) is 0 Å². The third-order valence-corrected chi connectivity index (χ3v) is 4.35. The zero-order chi connectivity index (χ0) is 18.1. The highest BCUT2D eigenvalue weighted by molar-refractivity contribution is 9.10. The molecule has 6 nitrogen and oxygen atoms in total. The third kappa shape index (κ3) is 3.41. The standard InChI is InChI=1S/C18H16BrN3O3/c1-10-7-14(19)9-22-15(11(2)21-16(10)22)17(23)20-8-12-3-5-13(6-4-12)18(24)25/h3-7,9H,8H2,1-2H3,(H,20,23)(H,24,25). The largest absolute Gasteiger partial charge is 0.478 e. The monoisotopic (exact) mass is 401 g/mol. The maximum Gasteiger partial charge on any atom is 0.335 e. The number of halogens is 1. The smallest absolute Gasteiger partial charge is 0.335 e. The van der Waals surface area contributed by atoms with Crippen molar-refractivity contribution in [2.45, 2.75) is 20.4 Å². The molecule has 0 atom stereocenters. The van der Waals surface area contributed by atoms with Crippen molar-refractivity contribution in [2.75, 3.05) is 0 Å². The van der Waals surface area contributed by atoms with E-state index >= 15 is 0 Å². The lowest BCUT2D eigenvalue weighted by Gasteiger charge is -2.07. The average Bonchev–Trinajstić information content (AvgIpc) is 2.89. The number of nitrogens with one attached hydrogen (secondary N) is 1. The lowest BCUT2D eigenvalue weighted by atomic mass is 10.1. The topological polar surface area (TPSA) is 83.7 Å². The van der Waals surface area contributed by atoms with Crippen LogP contribution >= 0.6 is 15.9 Å². The molecule has 2 heterocycles. The second-order valence-corrected chi connectivity index (χ2v) is 6.68. The van der Waals surface area contributed by atoms with E-state index in [1.807, 2.05) is 19.2 Å². The number of carbonyl (C=O) groups is 2.